The molecule has 5 nitrogen and oxygen atoms in total. The summed E-state index contributed by atoms with van der Waals surface area (Å²) in [5, 5.41) is 5.89. The van der Waals surface area contributed by atoms with Gasteiger partial charge in [-0.1, -0.05) is 6.92 Å². The maximum absolute atomic E-state index is 11.7. The number of amides is 1. The number of carbonyl (C=O) groups excluding carboxylic acids is 1. The Balaban J connectivity index is 2.20. The lowest BCUT2D eigenvalue weighted by atomic mass is 10.0. The van der Waals surface area contributed by atoms with Crippen LogP contribution in [0.15, 0.2) is 0 Å². The van der Waals surface area contributed by atoms with Crippen molar-refractivity contribution in [2.24, 2.45) is 5.92 Å². The molecule has 1 saturated heterocycles. The molecule has 16 heavy (non-hydrogen) atoms. The Hall–Kier alpha value is -0.620. The van der Waals surface area contributed by atoms with E-state index in [0.717, 1.165) is 13.0 Å². The van der Waals surface area contributed by atoms with E-state index in [1.165, 1.54) is 6.26 Å². The molecule has 0 aromatic heterocycles. The minimum absolute atomic E-state index is 0.0153. The van der Waals surface area contributed by atoms with E-state index >= 15 is 0 Å². The van der Waals surface area contributed by atoms with E-state index in [-0.39, 0.29) is 17.7 Å². The second-order valence-corrected chi connectivity index (χ2v) is 6.73. The van der Waals surface area contributed by atoms with Crippen molar-refractivity contribution >= 4 is 15.7 Å². The third kappa shape index (κ3) is 4.49. The first-order valence-electron chi connectivity index (χ1n) is 5.59. The molecule has 0 aliphatic carbocycles. The average molecular weight is 248 g/mol. The summed E-state index contributed by atoms with van der Waals surface area (Å²) in [5.74, 6) is 0.467. The van der Waals surface area contributed by atoms with Crippen LogP contribution < -0.4 is 10.6 Å². The summed E-state index contributed by atoms with van der Waals surface area (Å²) in [6, 6.07) is -0.113. The SMILES string of the molecule is CC1CCNC1C(=O)NCCCS(C)(=O)=O. The Labute approximate surface area is 96.9 Å². The van der Waals surface area contributed by atoms with Crippen LogP contribution in [0.5, 0.6) is 0 Å². The predicted molar refractivity (Wildman–Crippen MR) is 62.9 cm³/mol. The van der Waals surface area contributed by atoms with Gasteiger partial charge in [0.05, 0.1) is 11.8 Å². The van der Waals surface area contributed by atoms with Crippen molar-refractivity contribution in [3.8, 4) is 0 Å². The highest BCUT2D eigenvalue weighted by molar-refractivity contribution is 7.90. The Morgan fingerprint density at radius 1 is 1.50 bits per heavy atom. The number of hydrogen-bond acceptors (Lipinski definition) is 4. The van der Waals surface area contributed by atoms with E-state index in [0.29, 0.717) is 18.9 Å². The molecular formula is C10H20N2O3S. The van der Waals surface area contributed by atoms with Crippen molar-refractivity contribution < 1.29 is 13.2 Å². The van der Waals surface area contributed by atoms with Gasteiger partial charge in [0.2, 0.25) is 5.91 Å². The van der Waals surface area contributed by atoms with Crippen LogP contribution in [0.4, 0.5) is 0 Å². The van der Waals surface area contributed by atoms with Gasteiger partial charge in [-0.15, -0.1) is 0 Å². The fourth-order valence-corrected chi connectivity index (χ4v) is 2.51. The second kappa shape index (κ2) is 5.63. The first-order valence-corrected chi connectivity index (χ1v) is 7.65. The first-order chi connectivity index (χ1) is 7.40. The van der Waals surface area contributed by atoms with Gasteiger partial charge in [0.25, 0.3) is 0 Å². The monoisotopic (exact) mass is 248 g/mol. The van der Waals surface area contributed by atoms with Crippen LogP contribution in [0, 0.1) is 5.92 Å². The molecule has 6 heteroatoms. The zero-order valence-corrected chi connectivity index (χ0v) is 10.6. The summed E-state index contributed by atoms with van der Waals surface area (Å²) in [7, 11) is -2.92. The molecule has 1 aliphatic rings. The van der Waals surface area contributed by atoms with Gasteiger partial charge >= 0.3 is 0 Å². The first kappa shape index (κ1) is 13.4. The zero-order chi connectivity index (χ0) is 12.2. The molecule has 0 spiro atoms. The van der Waals surface area contributed by atoms with Crippen molar-refractivity contribution in [3.63, 3.8) is 0 Å². The highest BCUT2D eigenvalue weighted by Crippen LogP contribution is 2.13. The van der Waals surface area contributed by atoms with E-state index in [2.05, 4.69) is 10.6 Å². The van der Waals surface area contributed by atoms with Crippen molar-refractivity contribution in [1.29, 1.82) is 0 Å². The molecule has 2 unspecified atom stereocenters. The summed E-state index contributed by atoms with van der Waals surface area (Å²) in [5.41, 5.74) is 0. The molecular weight excluding hydrogens is 228 g/mol. The van der Waals surface area contributed by atoms with Crippen molar-refractivity contribution in [3.05, 3.63) is 0 Å². The number of carbonyl (C=O) groups is 1. The lowest BCUT2D eigenvalue weighted by molar-refractivity contribution is -0.123. The number of nitrogens with one attached hydrogen (secondary N) is 2. The van der Waals surface area contributed by atoms with Gasteiger partial charge in [-0.05, 0) is 25.3 Å². The summed E-state index contributed by atoms with van der Waals surface area (Å²) < 4.78 is 21.7. The van der Waals surface area contributed by atoms with Gasteiger partial charge in [0.1, 0.15) is 9.84 Å². The molecule has 2 atom stereocenters. The fraction of sp³-hybridized carbons (Fsp3) is 0.900. The van der Waals surface area contributed by atoms with E-state index < -0.39 is 9.84 Å². The predicted octanol–water partition coefficient (Wildman–Crippen LogP) is -0.465. The Bertz CT molecular complexity index is 340. The quantitative estimate of drug-likeness (QED) is 0.645. The van der Waals surface area contributed by atoms with Crippen LogP contribution in [0.1, 0.15) is 19.8 Å². The summed E-state index contributed by atoms with van der Waals surface area (Å²) in [6.45, 7) is 3.35. The van der Waals surface area contributed by atoms with E-state index in [4.69, 9.17) is 0 Å². The van der Waals surface area contributed by atoms with Crippen molar-refractivity contribution in [1.82, 2.24) is 10.6 Å². The molecule has 0 aromatic carbocycles. The van der Waals surface area contributed by atoms with Gasteiger partial charge in [0, 0.05) is 12.8 Å². The maximum Gasteiger partial charge on any atom is 0.237 e. The average Bonchev–Trinajstić information content (AvgIpc) is 2.57. The molecule has 0 saturated carbocycles. The standard InChI is InChI=1S/C10H20N2O3S/c1-8-4-6-11-9(8)10(13)12-5-3-7-16(2,14)15/h8-9,11H,3-7H2,1-2H3,(H,12,13). The molecule has 0 aromatic rings. The highest BCUT2D eigenvalue weighted by Gasteiger charge is 2.28. The number of hydrogen-bond donors (Lipinski definition) is 2. The Morgan fingerprint density at radius 2 is 2.19 bits per heavy atom. The smallest absolute Gasteiger partial charge is 0.237 e. The van der Waals surface area contributed by atoms with Crippen LogP contribution in [0.25, 0.3) is 0 Å². The number of rotatable bonds is 5. The van der Waals surface area contributed by atoms with Crippen LogP contribution in [0.2, 0.25) is 0 Å². The minimum atomic E-state index is -2.92. The second-order valence-electron chi connectivity index (χ2n) is 4.47. The van der Waals surface area contributed by atoms with E-state index in [9.17, 15) is 13.2 Å². The number of sulfone groups is 1. The van der Waals surface area contributed by atoms with Crippen LogP contribution in [-0.4, -0.2) is 45.5 Å². The largest absolute Gasteiger partial charge is 0.355 e. The third-order valence-electron chi connectivity index (χ3n) is 2.81. The summed E-state index contributed by atoms with van der Waals surface area (Å²) >= 11 is 0. The van der Waals surface area contributed by atoms with Gasteiger partial charge in [-0.2, -0.15) is 0 Å². The fourth-order valence-electron chi connectivity index (χ4n) is 1.84. The van der Waals surface area contributed by atoms with E-state index in [1.54, 1.807) is 0 Å². The Morgan fingerprint density at radius 3 is 2.69 bits per heavy atom. The summed E-state index contributed by atoms with van der Waals surface area (Å²) in [4.78, 5) is 11.7. The Kier molecular flexibility index (Phi) is 4.73. The highest BCUT2D eigenvalue weighted by atomic mass is 32.2. The molecule has 2 N–H and O–H groups in total. The van der Waals surface area contributed by atoms with Crippen LogP contribution in [0.3, 0.4) is 0 Å². The molecule has 0 radical (unpaired) electrons. The molecule has 1 fully saturated rings. The van der Waals surface area contributed by atoms with E-state index in [1.807, 2.05) is 6.92 Å². The van der Waals surface area contributed by atoms with Crippen molar-refractivity contribution in [2.75, 3.05) is 25.1 Å². The lowest BCUT2D eigenvalue weighted by Gasteiger charge is -2.15. The zero-order valence-electron chi connectivity index (χ0n) is 9.82. The third-order valence-corrected chi connectivity index (χ3v) is 3.84. The lowest BCUT2D eigenvalue weighted by Crippen LogP contribution is -2.43. The van der Waals surface area contributed by atoms with Gasteiger partial charge < -0.3 is 10.6 Å². The summed E-state index contributed by atoms with van der Waals surface area (Å²) in [6.07, 6.45) is 2.70. The molecule has 1 aliphatic heterocycles. The van der Waals surface area contributed by atoms with Crippen LogP contribution >= 0.6 is 0 Å². The van der Waals surface area contributed by atoms with Gasteiger partial charge in [0.15, 0.2) is 0 Å². The molecule has 0 bridgehead atoms. The maximum atomic E-state index is 11.7. The molecule has 1 amide bonds. The topological polar surface area (TPSA) is 75.3 Å². The molecule has 1 heterocycles. The van der Waals surface area contributed by atoms with Crippen LogP contribution in [-0.2, 0) is 14.6 Å². The van der Waals surface area contributed by atoms with Gasteiger partial charge in [-0.25, -0.2) is 8.42 Å². The molecule has 94 valence electrons. The normalized spacial score (nSPS) is 25.6. The molecule has 1 rings (SSSR count). The minimum Gasteiger partial charge on any atom is -0.355 e. The van der Waals surface area contributed by atoms with Gasteiger partial charge in [-0.3, -0.25) is 4.79 Å². The van der Waals surface area contributed by atoms with Crippen molar-refractivity contribution in [2.45, 2.75) is 25.8 Å².